The lowest BCUT2D eigenvalue weighted by molar-refractivity contribution is -0.109. The molecule has 132 heavy (non-hydrogen) atoms. The van der Waals surface area contributed by atoms with E-state index in [1.165, 1.54) is 0 Å². The normalized spacial score (nSPS) is 12.7. The maximum atomic E-state index is 16.0. The van der Waals surface area contributed by atoms with E-state index in [9.17, 15) is 0 Å². The molecular weight excluding hydrogens is 1610 g/mol. The van der Waals surface area contributed by atoms with Gasteiger partial charge < -0.3 is 9.47 Å². The van der Waals surface area contributed by atoms with Crippen molar-refractivity contribution in [2.75, 3.05) is 0 Å². The predicted octanol–water partition coefficient (Wildman–Crippen LogP) is 27.6. The molecule has 20 rings (SSSR count). The Bertz CT molecular complexity index is 7850. The first-order valence-corrected chi connectivity index (χ1v) is 43.6. The topological polar surface area (TPSA) is 69.7 Å². The molecule has 0 fully saturated rings. The van der Waals surface area contributed by atoms with Crippen LogP contribution in [0.3, 0.4) is 0 Å². The van der Waals surface area contributed by atoms with Crippen LogP contribution in [-0.2, 0) is 14.4 Å². The maximum Gasteiger partial charge on any atom is 0.195 e. The van der Waals surface area contributed by atoms with Gasteiger partial charge in [-0.25, -0.2) is 0 Å². The van der Waals surface area contributed by atoms with Crippen LogP contribution in [0.4, 0.5) is 0 Å². The zero-order chi connectivity index (χ0) is 88.9. The molecule has 5 heteroatoms. The number of carbonyl (C=O) groups is 3. The van der Waals surface area contributed by atoms with E-state index in [2.05, 4.69) is 83.5 Å². The molecule has 0 amide bonds. The molecule has 0 aliphatic heterocycles. The molecule has 0 heterocycles. The summed E-state index contributed by atoms with van der Waals surface area (Å²) in [4.78, 5) is 47.4. The molecular formula is C127H76O5. The summed E-state index contributed by atoms with van der Waals surface area (Å²) in [5.74, 6) is 35.1. The minimum absolute atomic E-state index is 0.0940. The third-order valence-electron chi connectivity index (χ3n) is 23.3. The standard InChI is InChI=1S/C127H76O5/c128-125-119(97-35-19-6-20-36-97)113(100-61-51-92(52-62-100)46-41-87-25-9-1-10-26-87)116(122(125)106-65-55-94(56-66-106)48-43-89-29-13-3-14-30-89)103-73-81-110(82-74-103)131-109-79-71-102(72-80-109)115-118(124(127(130)121(115)99-39-23-8-24-40-99)108-69-59-96(60-70-108)50-45-91-33-17-5-18-34-91)105-77-85-112(86-78-105)132-111-83-75-104(76-84-111)117-114(101-63-53-93(54-64-101)47-42-88-27-11-2-12-28-88)120(98-37-21-7-22-38-98)126(129)123(117)107-67-57-95(58-68-107)49-44-90-31-15-4-16-32-90/h1-40,51-86H. The van der Waals surface area contributed by atoms with Gasteiger partial charge in [-0.05, 0) is 237 Å². The molecule has 0 N–H and O–H groups in total. The van der Waals surface area contributed by atoms with Crippen molar-refractivity contribution in [1.82, 2.24) is 0 Å². The van der Waals surface area contributed by atoms with Gasteiger partial charge in [-0.1, -0.05) is 350 Å². The van der Waals surface area contributed by atoms with Crippen LogP contribution < -0.4 is 9.47 Å². The molecule has 0 saturated heterocycles. The van der Waals surface area contributed by atoms with Gasteiger partial charge in [0.1, 0.15) is 23.0 Å². The molecule has 0 saturated carbocycles. The number of Topliss-reactive ketones (excluding diaryl/α,β-unsaturated/α-hetero) is 3. The van der Waals surface area contributed by atoms with Crippen LogP contribution in [0, 0.1) is 59.2 Å². The molecule has 614 valence electrons. The van der Waals surface area contributed by atoms with Crippen molar-refractivity contribution in [3.8, 4) is 82.2 Å². The van der Waals surface area contributed by atoms with E-state index >= 15 is 14.4 Å². The zero-order valence-corrected chi connectivity index (χ0v) is 71.4. The molecule has 5 nitrogen and oxygen atoms in total. The monoisotopic (exact) mass is 1680 g/mol. The van der Waals surface area contributed by atoms with Crippen LogP contribution in [0.15, 0.2) is 461 Å². The number of ether oxygens (including phenoxy) is 2. The molecule has 3 aliphatic rings. The first-order chi connectivity index (χ1) is 65.2. The Hall–Kier alpha value is -18.4. The second kappa shape index (κ2) is 37.8. The van der Waals surface area contributed by atoms with E-state index in [1.807, 2.05) is 437 Å². The van der Waals surface area contributed by atoms with Crippen molar-refractivity contribution in [3.05, 3.63) is 583 Å². The minimum atomic E-state index is -0.131. The largest absolute Gasteiger partial charge is 0.457 e. The minimum Gasteiger partial charge on any atom is -0.457 e. The van der Waals surface area contributed by atoms with Gasteiger partial charge in [0, 0.05) is 123 Å². The summed E-state index contributed by atoms with van der Waals surface area (Å²) < 4.78 is 13.6. The van der Waals surface area contributed by atoms with Gasteiger partial charge in [0.25, 0.3) is 0 Å². The molecule has 0 bridgehead atoms. The van der Waals surface area contributed by atoms with Crippen molar-refractivity contribution >= 4 is 84.2 Å². The van der Waals surface area contributed by atoms with E-state index in [0.717, 1.165) is 156 Å². The van der Waals surface area contributed by atoms with Crippen molar-refractivity contribution in [3.63, 3.8) is 0 Å². The highest BCUT2D eigenvalue weighted by Gasteiger charge is 2.39. The second-order valence-electron chi connectivity index (χ2n) is 31.9. The fraction of sp³-hybridized carbons (Fsp3) is 0. The van der Waals surface area contributed by atoms with E-state index < -0.39 is 0 Å². The lowest BCUT2D eigenvalue weighted by Crippen LogP contribution is -2.02. The predicted molar refractivity (Wildman–Crippen MR) is 535 cm³/mol. The molecule has 3 aliphatic carbocycles. The highest BCUT2D eigenvalue weighted by molar-refractivity contribution is 6.61. The average molecular weight is 1680 g/mol. The molecule has 0 atom stereocenters. The maximum absolute atomic E-state index is 16.0. The Balaban J connectivity index is 0.640. The van der Waals surface area contributed by atoms with E-state index in [0.29, 0.717) is 56.4 Å². The van der Waals surface area contributed by atoms with Crippen LogP contribution in [0.25, 0.3) is 66.9 Å². The summed E-state index contributed by atoms with van der Waals surface area (Å²) in [6, 6.07) is 151. The Morgan fingerprint density at radius 3 is 0.379 bits per heavy atom. The smallest absolute Gasteiger partial charge is 0.195 e. The van der Waals surface area contributed by atoms with E-state index in [4.69, 9.17) is 9.47 Å². The summed E-state index contributed by atoms with van der Waals surface area (Å²) in [6.45, 7) is 0. The summed E-state index contributed by atoms with van der Waals surface area (Å²) in [5, 5.41) is 0. The van der Waals surface area contributed by atoms with Crippen molar-refractivity contribution in [1.29, 1.82) is 0 Å². The highest BCUT2D eigenvalue weighted by Crippen LogP contribution is 2.54. The van der Waals surface area contributed by atoms with Crippen molar-refractivity contribution in [2.24, 2.45) is 0 Å². The number of benzene rings is 17. The van der Waals surface area contributed by atoms with Gasteiger partial charge >= 0.3 is 0 Å². The van der Waals surface area contributed by atoms with Gasteiger partial charge in [-0.2, -0.15) is 0 Å². The SMILES string of the molecule is O=C1C(c2ccccc2)=C(c2ccc(C#Cc3ccccc3)cc2)C(c2ccc(Oc3ccc(C4=C(c5ccccc5)C(=O)C(c5ccc(C#Cc6ccccc6)cc5)=C4c4ccc(Oc5ccc(C6=C(c7ccc(C#Cc8ccccc8)cc7)C(=O)C(c7ccccc7)=C6c6ccc(C#Cc7ccccc7)cc6)cc5)cc4)cc3)cc2)=C1c1ccc(C#Cc2ccccc2)cc1. The van der Waals surface area contributed by atoms with Crippen LogP contribution >= 0.6 is 0 Å². The number of allylic oxidation sites excluding steroid dienone is 12. The molecule has 17 aromatic carbocycles. The van der Waals surface area contributed by atoms with E-state index in [-0.39, 0.29) is 17.3 Å². The van der Waals surface area contributed by atoms with Crippen LogP contribution in [0.1, 0.15) is 122 Å². The van der Waals surface area contributed by atoms with Crippen molar-refractivity contribution in [2.45, 2.75) is 0 Å². The lowest BCUT2D eigenvalue weighted by atomic mass is 9.88. The summed E-state index contributed by atoms with van der Waals surface area (Å²) in [6.07, 6.45) is 0. The Morgan fingerprint density at radius 2 is 0.227 bits per heavy atom. The average Bonchev–Trinajstić information content (AvgIpc) is 1.59. The fourth-order valence-corrected chi connectivity index (χ4v) is 17.0. The zero-order valence-electron chi connectivity index (χ0n) is 71.4. The summed E-state index contributed by atoms with van der Waals surface area (Å²) >= 11 is 0. The van der Waals surface area contributed by atoms with Gasteiger partial charge in [0.2, 0.25) is 0 Å². The van der Waals surface area contributed by atoms with Crippen LogP contribution in [0.5, 0.6) is 23.0 Å². The second-order valence-corrected chi connectivity index (χ2v) is 31.9. The first kappa shape index (κ1) is 81.9. The molecule has 17 aromatic rings. The number of rotatable bonds is 16. The third-order valence-corrected chi connectivity index (χ3v) is 23.3. The summed E-state index contributed by atoms with van der Waals surface area (Å²) in [5.41, 5.74) is 26.3. The van der Waals surface area contributed by atoms with Gasteiger partial charge in [-0.15, -0.1) is 0 Å². The van der Waals surface area contributed by atoms with E-state index in [1.54, 1.807) is 0 Å². The number of hydrogen-bond donors (Lipinski definition) is 0. The number of carbonyl (C=O) groups excluding carboxylic acids is 3. The quantitative estimate of drug-likeness (QED) is 0.0902. The molecule has 0 radical (unpaired) electrons. The lowest BCUT2D eigenvalue weighted by Gasteiger charge is -2.16. The Morgan fingerprint density at radius 1 is 0.114 bits per heavy atom. The van der Waals surface area contributed by atoms with Crippen molar-refractivity contribution < 1.29 is 23.9 Å². The Labute approximate surface area is 768 Å². The third kappa shape index (κ3) is 17.8. The molecule has 0 spiro atoms. The van der Waals surface area contributed by atoms with Gasteiger partial charge in [-0.3, -0.25) is 14.4 Å². The van der Waals surface area contributed by atoms with Crippen LogP contribution in [-0.4, -0.2) is 17.3 Å². The molecule has 0 unspecified atom stereocenters. The Kier molecular flexibility index (Phi) is 23.5. The summed E-state index contributed by atoms with van der Waals surface area (Å²) in [7, 11) is 0. The number of hydrogen-bond acceptors (Lipinski definition) is 5. The molecule has 0 aromatic heterocycles. The van der Waals surface area contributed by atoms with Crippen LogP contribution in [0.2, 0.25) is 0 Å². The highest BCUT2D eigenvalue weighted by atomic mass is 16.5. The number of ketones is 3. The van der Waals surface area contributed by atoms with Gasteiger partial charge in [0.15, 0.2) is 17.3 Å². The first-order valence-electron chi connectivity index (χ1n) is 43.6. The fourth-order valence-electron chi connectivity index (χ4n) is 17.0. The van der Waals surface area contributed by atoms with Gasteiger partial charge in [0.05, 0.1) is 0 Å².